The van der Waals surface area contributed by atoms with E-state index in [1.165, 1.54) is 18.2 Å². The van der Waals surface area contributed by atoms with Crippen molar-refractivity contribution in [2.24, 2.45) is 0 Å². The summed E-state index contributed by atoms with van der Waals surface area (Å²) in [6, 6.07) is 5.43. The second-order valence-corrected chi connectivity index (χ2v) is 5.51. The van der Waals surface area contributed by atoms with Gasteiger partial charge in [-0.2, -0.15) is 4.98 Å². The molecule has 0 aliphatic carbocycles. The van der Waals surface area contributed by atoms with Crippen LogP contribution in [0.5, 0.6) is 0 Å². The summed E-state index contributed by atoms with van der Waals surface area (Å²) in [5.74, 6) is -1.84. The van der Waals surface area contributed by atoms with Gasteiger partial charge in [0.15, 0.2) is 12.4 Å². The highest BCUT2D eigenvalue weighted by molar-refractivity contribution is 6.07. The highest BCUT2D eigenvalue weighted by Gasteiger charge is 2.24. The average molecular weight is 373 g/mol. The van der Waals surface area contributed by atoms with E-state index in [4.69, 9.17) is 19.6 Å². The first-order chi connectivity index (χ1) is 12.9. The molecular formula is C18H16FN3O5. The van der Waals surface area contributed by atoms with Crippen molar-refractivity contribution in [1.29, 1.82) is 0 Å². The fourth-order valence-electron chi connectivity index (χ4n) is 2.53. The van der Waals surface area contributed by atoms with E-state index in [0.717, 1.165) is 6.07 Å². The number of furan rings is 1. The second-order valence-electron chi connectivity index (χ2n) is 5.51. The Kier molecular flexibility index (Phi) is 5.02. The van der Waals surface area contributed by atoms with Gasteiger partial charge < -0.3 is 19.6 Å². The van der Waals surface area contributed by atoms with Crippen molar-refractivity contribution < 1.29 is 27.9 Å². The molecule has 0 amide bonds. The summed E-state index contributed by atoms with van der Waals surface area (Å²) in [5, 5.41) is 0.232. The van der Waals surface area contributed by atoms with Crippen LogP contribution in [0.3, 0.4) is 0 Å². The lowest BCUT2D eigenvalue weighted by Crippen LogP contribution is -2.11. The molecule has 0 radical (unpaired) electrons. The molecule has 140 valence electrons. The summed E-state index contributed by atoms with van der Waals surface area (Å²) in [7, 11) is 0. The third kappa shape index (κ3) is 3.57. The quantitative estimate of drug-likeness (QED) is 0.678. The molecule has 3 rings (SSSR count). The number of hydrogen-bond acceptors (Lipinski definition) is 8. The van der Waals surface area contributed by atoms with Gasteiger partial charge in [-0.05, 0) is 26.0 Å². The molecule has 1 aromatic carbocycles. The molecule has 0 unspecified atom stereocenters. The number of carbonyl (C=O) groups excluding carboxylic acids is 2. The standard InChI is InChI=1S/C18H16FN3O5/c1-3-25-18(24)13-9(2)27-16-14(13)15(20)21-12(22-16)8-26-17(23)10-6-4-5-7-11(10)19/h4-7H,3,8H2,1-2H3,(H2,20,21,22). The maximum absolute atomic E-state index is 13.6. The maximum Gasteiger partial charge on any atom is 0.342 e. The van der Waals surface area contributed by atoms with Crippen LogP contribution in [0, 0.1) is 12.7 Å². The fraction of sp³-hybridized carbons (Fsp3) is 0.222. The van der Waals surface area contributed by atoms with Crippen molar-refractivity contribution >= 4 is 28.9 Å². The molecule has 0 spiro atoms. The smallest absolute Gasteiger partial charge is 0.342 e. The Bertz CT molecular complexity index is 1030. The van der Waals surface area contributed by atoms with Gasteiger partial charge in [-0.25, -0.2) is 19.0 Å². The Morgan fingerprint density at radius 3 is 2.63 bits per heavy atom. The van der Waals surface area contributed by atoms with Crippen LogP contribution in [0.4, 0.5) is 10.2 Å². The minimum absolute atomic E-state index is 0.0168. The number of ether oxygens (including phenoxy) is 2. The van der Waals surface area contributed by atoms with Gasteiger partial charge in [0.2, 0.25) is 5.71 Å². The number of anilines is 1. The Hall–Kier alpha value is -3.49. The Labute approximate surface area is 153 Å². The summed E-state index contributed by atoms with van der Waals surface area (Å²) >= 11 is 0. The number of halogens is 1. The average Bonchev–Trinajstić information content (AvgIpc) is 2.96. The zero-order valence-electron chi connectivity index (χ0n) is 14.6. The number of carbonyl (C=O) groups is 2. The predicted octanol–water partition coefficient (Wildman–Crippen LogP) is 2.79. The minimum atomic E-state index is -0.863. The number of nitrogen functional groups attached to an aromatic ring is 1. The number of nitrogens with zero attached hydrogens (tertiary/aromatic N) is 2. The van der Waals surface area contributed by atoms with Crippen LogP contribution in [0.2, 0.25) is 0 Å². The molecule has 0 bridgehead atoms. The van der Waals surface area contributed by atoms with Gasteiger partial charge in [-0.1, -0.05) is 12.1 Å². The van der Waals surface area contributed by atoms with Crippen LogP contribution in [0.25, 0.3) is 11.1 Å². The van der Waals surface area contributed by atoms with Gasteiger partial charge in [-0.3, -0.25) is 0 Å². The van der Waals surface area contributed by atoms with Gasteiger partial charge >= 0.3 is 11.9 Å². The molecule has 2 N–H and O–H groups in total. The number of aryl methyl sites for hydroxylation is 1. The largest absolute Gasteiger partial charge is 0.462 e. The zero-order chi connectivity index (χ0) is 19.6. The first-order valence-electron chi connectivity index (χ1n) is 8.06. The summed E-state index contributed by atoms with van der Waals surface area (Å²) in [6.07, 6.45) is 0. The fourth-order valence-corrected chi connectivity index (χ4v) is 2.53. The number of benzene rings is 1. The summed E-state index contributed by atoms with van der Waals surface area (Å²) in [6.45, 7) is 3.10. The minimum Gasteiger partial charge on any atom is -0.462 e. The molecule has 0 fully saturated rings. The molecule has 27 heavy (non-hydrogen) atoms. The van der Waals surface area contributed by atoms with Crippen LogP contribution in [-0.4, -0.2) is 28.5 Å². The maximum atomic E-state index is 13.6. The number of esters is 2. The van der Waals surface area contributed by atoms with Crippen molar-refractivity contribution in [3.8, 4) is 0 Å². The van der Waals surface area contributed by atoms with Gasteiger partial charge in [0.25, 0.3) is 0 Å². The number of nitrogens with two attached hydrogens (primary N) is 1. The van der Waals surface area contributed by atoms with Gasteiger partial charge in [0, 0.05) is 0 Å². The topological polar surface area (TPSA) is 118 Å². The van der Waals surface area contributed by atoms with E-state index in [9.17, 15) is 14.0 Å². The molecule has 0 atom stereocenters. The first kappa shape index (κ1) is 18.3. The lowest BCUT2D eigenvalue weighted by atomic mass is 10.2. The highest BCUT2D eigenvalue weighted by atomic mass is 19.1. The summed E-state index contributed by atoms with van der Waals surface area (Å²) < 4.78 is 29.1. The lowest BCUT2D eigenvalue weighted by Gasteiger charge is -2.06. The Morgan fingerprint density at radius 2 is 1.93 bits per heavy atom. The Balaban J connectivity index is 1.86. The molecule has 2 heterocycles. The molecule has 0 aliphatic heterocycles. The normalized spacial score (nSPS) is 10.8. The molecule has 8 nitrogen and oxygen atoms in total. The molecule has 9 heteroatoms. The molecule has 2 aromatic heterocycles. The van der Waals surface area contributed by atoms with Crippen LogP contribution in [0.15, 0.2) is 28.7 Å². The molecule has 0 saturated heterocycles. The van der Waals surface area contributed by atoms with Gasteiger partial charge in [-0.15, -0.1) is 0 Å². The van der Waals surface area contributed by atoms with E-state index in [1.807, 2.05) is 0 Å². The lowest BCUT2D eigenvalue weighted by molar-refractivity contribution is 0.0456. The molecule has 3 aromatic rings. The van der Waals surface area contributed by atoms with E-state index < -0.39 is 17.8 Å². The summed E-state index contributed by atoms with van der Waals surface area (Å²) in [5.41, 5.74) is 5.95. The Morgan fingerprint density at radius 1 is 1.19 bits per heavy atom. The highest BCUT2D eigenvalue weighted by Crippen LogP contribution is 2.29. The number of aromatic nitrogens is 2. The van der Waals surface area contributed by atoms with E-state index in [-0.39, 0.29) is 52.8 Å². The van der Waals surface area contributed by atoms with Gasteiger partial charge in [0.1, 0.15) is 23.0 Å². The zero-order valence-corrected chi connectivity index (χ0v) is 14.6. The predicted molar refractivity (Wildman–Crippen MR) is 92.4 cm³/mol. The molecular weight excluding hydrogens is 357 g/mol. The third-order valence-electron chi connectivity index (χ3n) is 3.71. The van der Waals surface area contributed by atoms with E-state index >= 15 is 0 Å². The van der Waals surface area contributed by atoms with Crippen molar-refractivity contribution in [2.45, 2.75) is 20.5 Å². The molecule has 0 saturated carbocycles. The SMILES string of the molecule is CCOC(=O)c1c(C)oc2nc(COC(=O)c3ccccc3F)nc(N)c12. The molecule has 0 aliphatic rings. The van der Waals surface area contributed by atoms with Crippen molar-refractivity contribution in [3.05, 3.63) is 52.8 Å². The van der Waals surface area contributed by atoms with Crippen LogP contribution < -0.4 is 5.73 Å². The van der Waals surface area contributed by atoms with E-state index in [2.05, 4.69) is 9.97 Å². The third-order valence-corrected chi connectivity index (χ3v) is 3.71. The second kappa shape index (κ2) is 7.40. The first-order valence-corrected chi connectivity index (χ1v) is 8.06. The van der Waals surface area contributed by atoms with Crippen molar-refractivity contribution in [1.82, 2.24) is 9.97 Å². The number of hydrogen-bond donors (Lipinski definition) is 1. The van der Waals surface area contributed by atoms with Gasteiger partial charge in [0.05, 0.1) is 17.6 Å². The number of rotatable bonds is 5. The van der Waals surface area contributed by atoms with Crippen molar-refractivity contribution in [2.75, 3.05) is 12.3 Å². The van der Waals surface area contributed by atoms with Crippen LogP contribution in [-0.2, 0) is 16.1 Å². The van der Waals surface area contributed by atoms with E-state index in [0.29, 0.717) is 0 Å². The van der Waals surface area contributed by atoms with Crippen molar-refractivity contribution in [3.63, 3.8) is 0 Å². The summed E-state index contributed by atoms with van der Waals surface area (Å²) in [4.78, 5) is 32.2. The van der Waals surface area contributed by atoms with Crippen LogP contribution >= 0.6 is 0 Å². The number of fused-ring (bicyclic) bond motifs is 1. The van der Waals surface area contributed by atoms with Crippen LogP contribution in [0.1, 0.15) is 39.2 Å². The monoisotopic (exact) mass is 373 g/mol. The van der Waals surface area contributed by atoms with E-state index in [1.54, 1.807) is 13.8 Å².